The van der Waals surface area contributed by atoms with Crippen molar-refractivity contribution in [3.63, 3.8) is 0 Å². The van der Waals surface area contributed by atoms with Crippen LogP contribution >= 0.6 is 0 Å². The first kappa shape index (κ1) is 23.6. The smallest absolute Gasteiger partial charge is 0.208 e. The standard InChI is InChI=1S/C19H29N3O9/c23-5-8-25-10-12-27-14-13-26-11-9-24-7-4-20-16-1-2-17-18(15-16)31-22(30-17)19-3-6-28-21-29-19/h1-2,5,15,19-21H,3-4,6-14H2. The molecule has 0 radical (unpaired) electrons. The second-order valence-electron chi connectivity index (χ2n) is 6.43. The number of hydrogen-bond donors (Lipinski definition) is 2. The summed E-state index contributed by atoms with van der Waals surface area (Å²) in [6.45, 7) is 4.57. The fourth-order valence-corrected chi connectivity index (χ4v) is 2.65. The third-order valence-corrected chi connectivity index (χ3v) is 4.14. The van der Waals surface area contributed by atoms with Gasteiger partial charge in [0, 0.05) is 24.7 Å². The molecule has 0 saturated carbocycles. The lowest BCUT2D eigenvalue weighted by atomic mass is 10.3. The average molecular weight is 443 g/mol. The van der Waals surface area contributed by atoms with Crippen LogP contribution in [0.4, 0.5) is 5.69 Å². The van der Waals surface area contributed by atoms with Crippen molar-refractivity contribution in [2.24, 2.45) is 0 Å². The van der Waals surface area contributed by atoms with Gasteiger partial charge in [-0.25, -0.2) is 0 Å². The highest BCUT2D eigenvalue weighted by Gasteiger charge is 2.33. The third-order valence-electron chi connectivity index (χ3n) is 4.14. The normalized spacial score (nSPS) is 18.3. The largest absolute Gasteiger partial charge is 0.383 e. The molecule has 1 aromatic rings. The number of fused-ring (bicyclic) bond motifs is 1. The summed E-state index contributed by atoms with van der Waals surface area (Å²) in [7, 11) is 0. The molecule has 2 N–H and O–H groups in total. The van der Waals surface area contributed by atoms with Crippen molar-refractivity contribution in [2.75, 3.05) is 71.3 Å². The van der Waals surface area contributed by atoms with E-state index in [-0.39, 0.29) is 6.61 Å². The number of nitrogens with one attached hydrogen (secondary N) is 2. The number of ether oxygens (including phenoxy) is 4. The Balaban J connectivity index is 1.18. The van der Waals surface area contributed by atoms with Crippen LogP contribution in [0.5, 0.6) is 11.5 Å². The molecule has 2 aliphatic heterocycles. The van der Waals surface area contributed by atoms with Gasteiger partial charge in [0.25, 0.3) is 0 Å². The topological polar surface area (TPSA) is 118 Å². The number of carbonyl (C=O) groups excluding carboxylic acids is 1. The minimum absolute atomic E-state index is 0.100. The summed E-state index contributed by atoms with van der Waals surface area (Å²) in [4.78, 5) is 31.5. The van der Waals surface area contributed by atoms with E-state index in [0.29, 0.717) is 83.6 Å². The van der Waals surface area contributed by atoms with Gasteiger partial charge in [0.2, 0.25) is 6.23 Å². The Bertz CT molecular complexity index is 646. The molecule has 31 heavy (non-hydrogen) atoms. The summed E-state index contributed by atoms with van der Waals surface area (Å²) in [5.41, 5.74) is 3.26. The van der Waals surface area contributed by atoms with E-state index in [2.05, 4.69) is 11.0 Å². The highest BCUT2D eigenvalue weighted by molar-refractivity contribution is 5.55. The van der Waals surface area contributed by atoms with E-state index in [1.54, 1.807) is 0 Å². The van der Waals surface area contributed by atoms with Gasteiger partial charge in [0.1, 0.15) is 12.9 Å². The Hall–Kier alpha value is -2.03. The van der Waals surface area contributed by atoms with Crippen molar-refractivity contribution in [3.05, 3.63) is 18.2 Å². The van der Waals surface area contributed by atoms with Crippen LogP contribution in [0.3, 0.4) is 0 Å². The molecule has 174 valence electrons. The van der Waals surface area contributed by atoms with Gasteiger partial charge in [-0.3, -0.25) is 9.68 Å². The van der Waals surface area contributed by atoms with Crippen LogP contribution in [0.2, 0.25) is 0 Å². The van der Waals surface area contributed by atoms with Crippen molar-refractivity contribution >= 4 is 12.0 Å². The van der Waals surface area contributed by atoms with Crippen LogP contribution in [-0.4, -0.2) is 83.7 Å². The molecule has 2 aliphatic rings. The second kappa shape index (κ2) is 14.1. The van der Waals surface area contributed by atoms with Crippen molar-refractivity contribution in [3.8, 4) is 11.5 Å². The minimum Gasteiger partial charge on any atom is -0.383 e. The van der Waals surface area contributed by atoms with Crippen LogP contribution in [0.25, 0.3) is 0 Å². The number of rotatable bonds is 16. The minimum atomic E-state index is -0.401. The van der Waals surface area contributed by atoms with E-state index in [9.17, 15) is 4.79 Å². The van der Waals surface area contributed by atoms with Crippen molar-refractivity contribution in [2.45, 2.75) is 12.6 Å². The Kier molecular flexibility index (Phi) is 10.8. The van der Waals surface area contributed by atoms with Crippen LogP contribution in [0, 0.1) is 0 Å². The van der Waals surface area contributed by atoms with Crippen molar-refractivity contribution in [1.82, 2.24) is 10.9 Å². The van der Waals surface area contributed by atoms with Gasteiger partial charge in [-0.1, -0.05) is 5.64 Å². The first-order valence-corrected chi connectivity index (χ1v) is 10.2. The zero-order valence-corrected chi connectivity index (χ0v) is 17.3. The monoisotopic (exact) mass is 443 g/mol. The molecule has 0 amide bonds. The van der Waals surface area contributed by atoms with Crippen LogP contribution < -0.4 is 20.6 Å². The maximum absolute atomic E-state index is 10.1. The summed E-state index contributed by atoms with van der Waals surface area (Å²) in [5.74, 6) is 1.22. The quantitative estimate of drug-likeness (QED) is 0.273. The van der Waals surface area contributed by atoms with Gasteiger partial charge >= 0.3 is 0 Å². The van der Waals surface area contributed by atoms with Gasteiger partial charge in [-0.05, 0) is 12.1 Å². The van der Waals surface area contributed by atoms with Gasteiger partial charge in [0.15, 0.2) is 11.5 Å². The van der Waals surface area contributed by atoms with E-state index in [4.69, 9.17) is 38.3 Å². The van der Waals surface area contributed by atoms with E-state index in [0.717, 1.165) is 5.69 Å². The zero-order valence-electron chi connectivity index (χ0n) is 17.3. The molecular formula is C19H29N3O9. The predicted molar refractivity (Wildman–Crippen MR) is 106 cm³/mol. The van der Waals surface area contributed by atoms with Crippen LogP contribution in [0.15, 0.2) is 18.2 Å². The molecule has 1 atom stereocenters. The Morgan fingerprint density at radius 3 is 2.42 bits per heavy atom. The molecule has 12 nitrogen and oxygen atoms in total. The van der Waals surface area contributed by atoms with Crippen molar-refractivity contribution < 1.29 is 43.1 Å². The SMILES string of the molecule is O=CCOCCOCCOCCOCCNc1ccc2c(c1)ON(C1CCONO1)O2. The second-order valence-corrected chi connectivity index (χ2v) is 6.43. The van der Waals surface area contributed by atoms with Crippen LogP contribution in [-0.2, 0) is 33.4 Å². The van der Waals surface area contributed by atoms with E-state index < -0.39 is 6.23 Å². The van der Waals surface area contributed by atoms with Gasteiger partial charge in [-0.15, -0.1) is 0 Å². The maximum atomic E-state index is 10.1. The molecule has 3 rings (SSSR count). The van der Waals surface area contributed by atoms with Crippen molar-refractivity contribution in [1.29, 1.82) is 0 Å². The molecule has 1 aromatic carbocycles. The predicted octanol–water partition coefficient (Wildman–Crippen LogP) is 0.450. The van der Waals surface area contributed by atoms with E-state index in [1.807, 2.05) is 18.2 Å². The third kappa shape index (κ3) is 8.55. The lowest BCUT2D eigenvalue weighted by Crippen LogP contribution is -2.46. The molecule has 0 aromatic heterocycles. The van der Waals surface area contributed by atoms with E-state index >= 15 is 0 Å². The highest BCUT2D eigenvalue weighted by Crippen LogP contribution is 2.37. The number of hydrogen-bond acceptors (Lipinski definition) is 12. The average Bonchev–Trinajstić information content (AvgIpc) is 3.23. The number of carbonyl (C=O) groups is 1. The first-order valence-electron chi connectivity index (χ1n) is 10.2. The highest BCUT2D eigenvalue weighted by atomic mass is 17.0. The molecule has 2 heterocycles. The zero-order chi connectivity index (χ0) is 21.6. The molecule has 1 fully saturated rings. The number of nitrogens with zero attached hydrogens (tertiary/aromatic N) is 1. The molecule has 1 unspecified atom stereocenters. The summed E-state index contributed by atoms with van der Waals surface area (Å²) in [5, 5.41) is 4.58. The lowest BCUT2D eigenvalue weighted by Gasteiger charge is -2.26. The molecule has 1 saturated heterocycles. The molecule has 12 heteroatoms. The fraction of sp³-hybridized carbons (Fsp3) is 0.632. The summed E-state index contributed by atoms with van der Waals surface area (Å²) >= 11 is 0. The van der Waals surface area contributed by atoms with Gasteiger partial charge in [0.05, 0.1) is 58.1 Å². The molecule has 0 spiro atoms. The number of benzene rings is 1. The first-order chi connectivity index (χ1) is 15.4. The Labute approximate surface area is 180 Å². The maximum Gasteiger partial charge on any atom is 0.208 e. The van der Waals surface area contributed by atoms with Gasteiger partial charge < -0.3 is 38.7 Å². The summed E-state index contributed by atoms with van der Waals surface area (Å²) in [6.07, 6.45) is 0.920. The summed E-state index contributed by atoms with van der Waals surface area (Å²) in [6, 6.07) is 5.59. The lowest BCUT2D eigenvalue weighted by molar-refractivity contribution is -0.376. The molecule has 0 bridgehead atoms. The van der Waals surface area contributed by atoms with E-state index in [1.165, 1.54) is 5.23 Å². The Morgan fingerprint density at radius 2 is 1.71 bits per heavy atom. The van der Waals surface area contributed by atoms with Crippen LogP contribution in [0.1, 0.15) is 6.42 Å². The number of anilines is 1. The summed E-state index contributed by atoms with van der Waals surface area (Å²) < 4.78 is 21.2. The Morgan fingerprint density at radius 1 is 1.00 bits per heavy atom. The molecule has 0 aliphatic carbocycles. The molecular weight excluding hydrogens is 414 g/mol. The van der Waals surface area contributed by atoms with Gasteiger partial charge in [-0.2, -0.15) is 0 Å². The fourth-order valence-electron chi connectivity index (χ4n) is 2.65. The number of aldehydes is 1. The number of hydroxylamine groups is 2.